The van der Waals surface area contributed by atoms with E-state index in [2.05, 4.69) is 6.92 Å². The largest absolute Gasteiger partial charge is 0.324 e. The van der Waals surface area contributed by atoms with Crippen LogP contribution in [0.4, 0.5) is 0 Å². The predicted molar refractivity (Wildman–Crippen MR) is 62.8 cm³/mol. The lowest BCUT2D eigenvalue weighted by Gasteiger charge is -2.14. The van der Waals surface area contributed by atoms with Crippen molar-refractivity contribution in [1.29, 1.82) is 0 Å². The maximum absolute atomic E-state index is 9.48. The topological polar surface area (TPSA) is 38.7 Å². The molecule has 5 heteroatoms. The van der Waals surface area contributed by atoms with E-state index in [0.717, 1.165) is 19.3 Å². The monoisotopic (exact) mass is 240 g/mol. The maximum atomic E-state index is 9.48. The van der Waals surface area contributed by atoms with E-state index in [9.17, 15) is 4.89 Å². The molecule has 14 heavy (non-hydrogen) atoms. The molecule has 0 radical (unpaired) electrons. The van der Waals surface area contributed by atoms with Crippen molar-refractivity contribution in [2.45, 2.75) is 46.0 Å². The smallest absolute Gasteiger partial charge is 0.324 e. The predicted octanol–water partition coefficient (Wildman–Crippen LogP) is 3.23. The van der Waals surface area contributed by atoms with Crippen LogP contribution < -0.4 is 0 Å². The van der Waals surface area contributed by atoms with Gasteiger partial charge in [0.15, 0.2) is 0 Å². The Balaban J connectivity index is 3.40. The fraction of sp³-hybridized carbons (Fsp3) is 1.00. The summed E-state index contributed by atoms with van der Waals surface area (Å²) in [6.45, 7) is 2.19. The molecule has 0 saturated carbocycles. The van der Waals surface area contributed by atoms with Gasteiger partial charge in [-0.2, -0.15) is 0 Å². The lowest BCUT2D eigenvalue weighted by molar-refractivity contribution is 0.194. The molecule has 86 valence electrons. The van der Waals surface area contributed by atoms with Crippen molar-refractivity contribution in [2.75, 3.05) is 13.2 Å². The number of hydrogen-bond acceptors (Lipinski definition) is 3. The molecule has 0 aliphatic rings. The Hall–Kier alpha value is 0.530. The maximum Gasteiger partial charge on any atom is 0.324 e. The molecule has 0 heterocycles. The van der Waals surface area contributed by atoms with Gasteiger partial charge >= 0.3 is 6.72 Å². The van der Waals surface area contributed by atoms with Crippen molar-refractivity contribution in [2.24, 2.45) is 0 Å². The standard InChI is InChI=1S/C9H21O3PS/c1-3-5-6-7-9-12-13(10,14)11-8-4-2/h3-9H2,1-2H3,(H,10,14). The highest BCUT2D eigenvalue weighted by Crippen LogP contribution is 2.43. The van der Waals surface area contributed by atoms with Crippen molar-refractivity contribution in [3.8, 4) is 0 Å². The van der Waals surface area contributed by atoms with Crippen LogP contribution in [0.25, 0.3) is 0 Å². The summed E-state index contributed by atoms with van der Waals surface area (Å²) < 4.78 is 10.2. The van der Waals surface area contributed by atoms with Gasteiger partial charge in [-0.05, 0) is 24.6 Å². The van der Waals surface area contributed by atoms with Crippen LogP contribution in [-0.4, -0.2) is 18.1 Å². The van der Waals surface area contributed by atoms with Gasteiger partial charge in [0, 0.05) is 0 Å². The van der Waals surface area contributed by atoms with Gasteiger partial charge in [-0.15, -0.1) is 0 Å². The highest BCUT2D eigenvalue weighted by atomic mass is 32.5. The van der Waals surface area contributed by atoms with Crippen molar-refractivity contribution < 1.29 is 13.9 Å². The molecular formula is C9H21O3PS. The Morgan fingerprint density at radius 3 is 2.21 bits per heavy atom. The summed E-state index contributed by atoms with van der Waals surface area (Å²) >= 11 is 4.81. The lowest BCUT2D eigenvalue weighted by Crippen LogP contribution is -1.97. The van der Waals surface area contributed by atoms with Gasteiger partial charge in [0.25, 0.3) is 0 Å². The third-order valence-electron chi connectivity index (χ3n) is 1.71. The summed E-state index contributed by atoms with van der Waals surface area (Å²) in [5.74, 6) is 0. The van der Waals surface area contributed by atoms with Crippen LogP contribution in [0.1, 0.15) is 46.0 Å². The van der Waals surface area contributed by atoms with E-state index >= 15 is 0 Å². The summed E-state index contributed by atoms with van der Waals surface area (Å²) in [4.78, 5) is 9.48. The Morgan fingerprint density at radius 2 is 1.64 bits per heavy atom. The zero-order valence-electron chi connectivity index (χ0n) is 9.07. The van der Waals surface area contributed by atoms with E-state index in [4.69, 9.17) is 20.9 Å². The quantitative estimate of drug-likeness (QED) is 0.496. The average Bonchev–Trinajstić information content (AvgIpc) is 2.15. The highest BCUT2D eigenvalue weighted by Gasteiger charge is 2.13. The van der Waals surface area contributed by atoms with E-state index in [1.54, 1.807) is 0 Å². The van der Waals surface area contributed by atoms with Crippen molar-refractivity contribution in [3.63, 3.8) is 0 Å². The SMILES string of the molecule is CCCCCCOP(O)(=S)OCCC. The van der Waals surface area contributed by atoms with Gasteiger partial charge in [0.05, 0.1) is 13.2 Å². The van der Waals surface area contributed by atoms with Gasteiger partial charge in [0.2, 0.25) is 0 Å². The number of rotatable bonds is 9. The molecule has 0 aliphatic carbocycles. The van der Waals surface area contributed by atoms with Crippen LogP contribution in [0.3, 0.4) is 0 Å². The second-order valence-electron chi connectivity index (χ2n) is 3.20. The van der Waals surface area contributed by atoms with Crippen LogP contribution in [-0.2, 0) is 20.9 Å². The molecule has 0 amide bonds. The Bertz CT molecular complexity index is 175. The molecule has 0 aromatic carbocycles. The summed E-state index contributed by atoms with van der Waals surface area (Å²) in [6.07, 6.45) is 5.31. The average molecular weight is 240 g/mol. The minimum Gasteiger partial charge on any atom is -0.324 e. The van der Waals surface area contributed by atoms with E-state index < -0.39 is 6.72 Å². The van der Waals surface area contributed by atoms with E-state index in [1.807, 2.05) is 6.92 Å². The molecule has 0 spiro atoms. The number of unbranched alkanes of at least 4 members (excludes halogenated alkanes) is 3. The van der Waals surface area contributed by atoms with Crippen molar-refractivity contribution in [1.82, 2.24) is 0 Å². The van der Waals surface area contributed by atoms with E-state index in [0.29, 0.717) is 13.2 Å². The zero-order chi connectivity index (χ0) is 10.9. The van der Waals surface area contributed by atoms with Gasteiger partial charge in [0.1, 0.15) is 0 Å². The minimum absolute atomic E-state index is 0.475. The molecule has 0 aliphatic heterocycles. The summed E-state index contributed by atoms with van der Waals surface area (Å²) in [7, 11) is 0. The molecule has 0 fully saturated rings. The zero-order valence-corrected chi connectivity index (χ0v) is 10.8. The van der Waals surface area contributed by atoms with Gasteiger partial charge in [-0.1, -0.05) is 33.1 Å². The van der Waals surface area contributed by atoms with Crippen molar-refractivity contribution in [3.05, 3.63) is 0 Å². The molecule has 0 aromatic heterocycles. The van der Waals surface area contributed by atoms with Crippen LogP contribution in [0, 0.1) is 0 Å². The minimum atomic E-state index is -2.92. The first-order chi connectivity index (χ1) is 6.62. The summed E-state index contributed by atoms with van der Waals surface area (Å²) in [6, 6.07) is 0. The van der Waals surface area contributed by atoms with E-state index in [1.165, 1.54) is 12.8 Å². The number of hydrogen-bond donors (Lipinski definition) is 1. The molecule has 0 aromatic rings. The Kier molecular flexibility index (Phi) is 9.14. The molecule has 0 bridgehead atoms. The first-order valence-electron chi connectivity index (χ1n) is 5.24. The van der Waals surface area contributed by atoms with Gasteiger partial charge in [-0.3, -0.25) is 0 Å². The van der Waals surface area contributed by atoms with Gasteiger partial charge in [-0.25, -0.2) is 0 Å². The normalized spacial score (nSPS) is 15.4. The third-order valence-corrected chi connectivity index (χ3v) is 3.36. The second-order valence-corrected chi connectivity index (χ2v) is 6.03. The van der Waals surface area contributed by atoms with Gasteiger partial charge < -0.3 is 13.9 Å². The Morgan fingerprint density at radius 1 is 1.00 bits per heavy atom. The molecular weight excluding hydrogens is 219 g/mol. The van der Waals surface area contributed by atoms with Crippen LogP contribution >= 0.6 is 6.72 Å². The third kappa shape index (κ3) is 9.10. The van der Waals surface area contributed by atoms with Crippen LogP contribution in [0.2, 0.25) is 0 Å². The molecule has 0 saturated heterocycles. The molecule has 3 nitrogen and oxygen atoms in total. The van der Waals surface area contributed by atoms with E-state index in [-0.39, 0.29) is 0 Å². The molecule has 1 atom stereocenters. The summed E-state index contributed by atoms with van der Waals surface area (Å²) in [5.41, 5.74) is 0. The lowest BCUT2D eigenvalue weighted by atomic mass is 10.2. The molecule has 1 N–H and O–H groups in total. The second kappa shape index (κ2) is 8.81. The first-order valence-corrected chi connectivity index (χ1v) is 7.83. The molecule has 0 rings (SSSR count). The fourth-order valence-corrected chi connectivity index (χ4v) is 2.25. The Labute approximate surface area is 92.1 Å². The highest BCUT2D eigenvalue weighted by molar-refractivity contribution is 8.07. The van der Waals surface area contributed by atoms with Crippen LogP contribution in [0.15, 0.2) is 0 Å². The first kappa shape index (κ1) is 14.5. The van der Waals surface area contributed by atoms with Crippen LogP contribution in [0.5, 0.6) is 0 Å². The van der Waals surface area contributed by atoms with Crippen molar-refractivity contribution >= 4 is 18.5 Å². The summed E-state index contributed by atoms with van der Waals surface area (Å²) in [5, 5.41) is 0. The molecule has 1 unspecified atom stereocenters. The fourth-order valence-electron chi connectivity index (χ4n) is 0.953.